The predicted molar refractivity (Wildman–Crippen MR) is 82.9 cm³/mol. The Morgan fingerprint density at radius 3 is 3.25 bits per heavy atom. The highest BCUT2D eigenvalue weighted by Crippen LogP contribution is 2.31. The number of anilines is 1. The molecule has 2 N–H and O–H groups in total. The highest BCUT2D eigenvalue weighted by molar-refractivity contribution is 7.99. The van der Waals surface area contributed by atoms with Crippen LogP contribution in [0.15, 0.2) is 18.2 Å². The fourth-order valence-corrected chi connectivity index (χ4v) is 3.86. The molecule has 108 valence electrons. The Morgan fingerprint density at radius 1 is 1.45 bits per heavy atom. The summed E-state index contributed by atoms with van der Waals surface area (Å²) in [5.74, 6) is 1.87. The Balaban J connectivity index is 1.64. The summed E-state index contributed by atoms with van der Waals surface area (Å²) < 4.78 is 5.64. The lowest BCUT2D eigenvalue weighted by Crippen LogP contribution is -2.32. The standard InChI is InChI=1S/C15H20N2O2S/c18-15(17-10-11-4-1-2-9-20-11)12-5-3-6-13-14(12)19-8-7-16-13/h3,5-6,11,16H,1-2,4,7-10H2,(H,17,18). The van der Waals surface area contributed by atoms with Gasteiger partial charge in [-0.3, -0.25) is 4.79 Å². The molecule has 1 saturated heterocycles. The number of amides is 1. The molecule has 1 aromatic carbocycles. The van der Waals surface area contributed by atoms with Gasteiger partial charge >= 0.3 is 0 Å². The van der Waals surface area contributed by atoms with Crippen LogP contribution in [0.5, 0.6) is 5.75 Å². The Hall–Kier alpha value is -1.36. The summed E-state index contributed by atoms with van der Waals surface area (Å²) in [5, 5.41) is 6.87. The molecule has 4 nitrogen and oxygen atoms in total. The van der Waals surface area contributed by atoms with E-state index in [-0.39, 0.29) is 5.91 Å². The molecule has 1 unspecified atom stereocenters. The maximum Gasteiger partial charge on any atom is 0.255 e. The molecule has 0 radical (unpaired) electrons. The van der Waals surface area contributed by atoms with Crippen molar-refractivity contribution in [1.82, 2.24) is 5.32 Å². The molecule has 2 heterocycles. The van der Waals surface area contributed by atoms with E-state index in [1.807, 2.05) is 30.0 Å². The van der Waals surface area contributed by atoms with Gasteiger partial charge < -0.3 is 15.4 Å². The molecule has 5 heteroatoms. The van der Waals surface area contributed by atoms with Crippen LogP contribution in [-0.4, -0.2) is 36.6 Å². The third-order valence-electron chi connectivity index (χ3n) is 3.69. The zero-order chi connectivity index (χ0) is 13.8. The summed E-state index contributed by atoms with van der Waals surface area (Å²) in [4.78, 5) is 12.3. The van der Waals surface area contributed by atoms with Crippen molar-refractivity contribution in [1.29, 1.82) is 0 Å². The van der Waals surface area contributed by atoms with Gasteiger partial charge in [0.15, 0.2) is 5.75 Å². The maximum atomic E-state index is 12.3. The Morgan fingerprint density at radius 2 is 2.40 bits per heavy atom. The maximum absolute atomic E-state index is 12.3. The number of hydrogen-bond donors (Lipinski definition) is 2. The number of benzene rings is 1. The van der Waals surface area contributed by atoms with E-state index < -0.39 is 0 Å². The van der Waals surface area contributed by atoms with Crippen molar-refractivity contribution in [3.05, 3.63) is 23.8 Å². The zero-order valence-electron chi connectivity index (χ0n) is 11.5. The molecule has 2 aliphatic rings. The minimum atomic E-state index is -0.0308. The van der Waals surface area contributed by atoms with Crippen LogP contribution in [-0.2, 0) is 0 Å². The highest BCUT2D eigenvalue weighted by Gasteiger charge is 2.20. The Bertz CT molecular complexity index is 487. The molecule has 0 spiro atoms. The van der Waals surface area contributed by atoms with Gasteiger partial charge in [0.2, 0.25) is 0 Å². The largest absolute Gasteiger partial charge is 0.489 e. The molecule has 2 aliphatic heterocycles. The van der Waals surface area contributed by atoms with E-state index >= 15 is 0 Å². The fraction of sp³-hybridized carbons (Fsp3) is 0.533. The van der Waals surface area contributed by atoms with E-state index in [0.29, 0.717) is 23.2 Å². The van der Waals surface area contributed by atoms with Gasteiger partial charge in [-0.1, -0.05) is 12.5 Å². The van der Waals surface area contributed by atoms with E-state index in [4.69, 9.17) is 4.74 Å². The molecule has 0 aliphatic carbocycles. The van der Waals surface area contributed by atoms with Crippen LogP contribution in [0, 0.1) is 0 Å². The topological polar surface area (TPSA) is 50.4 Å². The molecule has 0 saturated carbocycles. The zero-order valence-corrected chi connectivity index (χ0v) is 12.3. The molecule has 1 amide bonds. The van der Waals surface area contributed by atoms with Crippen molar-refractivity contribution in [2.24, 2.45) is 0 Å². The van der Waals surface area contributed by atoms with Crippen LogP contribution in [0.3, 0.4) is 0 Å². The monoisotopic (exact) mass is 292 g/mol. The molecule has 0 aromatic heterocycles. The Kier molecular flexibility index (Phi) is 4.35. The van der Waals surface area contributed by atoms with Gasteiger partial charge in [-0.15, -0.1) is 0 Å². The number of fused-ring (bicyclic) bond motifs is 1. The number of rotatable bonds is 3. The SMILES string of the molecule is O=C(NCC1CCCCS1)c1cccc2c1OCCN2. The summed E-state index contributed by atoms with van der Waals surface area (Å²) in [7, 11) is 0. The number of hydrogen-bond acceptors (Lipinski definition) is 4. The minimum absolute atomic E-state index is 0.0308. The number of thioether (sulfide) groups is 1. The van der Waals surface area contributed by atoms with Gasteiger partial charge in [0.05, 0.1) is 11.3 Å². The molecule has 1 fully saturated rings. The van der Waals surface area contributed by atoms with Crippen LogP contribution in [0.25, 0.3) is 0 Å². The number of carbonyl (C=O) groups is 1. The third-order valence-corrected chi connectivity index (χ3v) is 5.09. The second-order valence-electron chi connectivity index (χ2n) is 5.16. The van der Waals surface area contributed by atoms with Crippen molar-refractivity contribution in [2.75, 3.05) is 30.8 Å². The van der Waals surface area contributed by atoms with Crippen LogP contribution >= 0.6 is 11.8 Å². The third kappa shape index (κ3) is 3.03. The summed E-state index contributed by atoms with van der Waals surface area (Å²) in [6, 6.07) is 5.67. The molecule has 20 heavy (non-hydrogen) atoms. The second-order valence-corrected chi connectivity index (χ2v) is 6.56. The molecular weight excluding hydrogens is 272 g/mol. The number of para-hydroxylation sites is 1. The van der Waals surface area contributed by atoms with Crippen LogP contribution in [0.1, 0.15) is 29.6 Å². The minimum Gasteiger partial charge on any atom is -0.489 e. The van der Waals surface area contributed by atoms with Crippen molar-refractivity contribution in [2.45, 2.75) is 24.5 Å². The van der Waals surface area contributed by atoms with Crippen LogP contribution in [0.2, 0.25) is 0 Å². The summed E-state index contributed by atoms with van der Waals surface area (Å²) >= 11 is 1.97. The first-order chi connectivity index (χ1) is 9.84. The first-order valence-electron chi connectivity index (χ1n) is 7.24. The fourth-order valence-electron chi connectivity index (χ4n) is 2.62. The van der Waals surface area contributed by atoms with E-state index in [2.05, 4.69) is 10.6 Å². The number of carbonyl (C=O) groups excluding carboxylic acids is 1. The smallest absolute Gasteiger partial charge is 0.255 e. The van der Waals surface area contributed by atoms with Gasteiger partial charge in [0, 0.05) is 18.3 Å². The van der Waals surface area contributed by atoms with Gasteiger partial charge in [-0.2, -0.15) is 11.8 Å². The van der Waals surface area contributed by atoms with Crippen LogP contribution in [0.4, 0.5) is 5.69 Å². The molecule has 0 bridgehead atoms. The molecule has 1 aromatic rings. The quantitative estimate of drug-likeness (QED) is 0.899. The molecular formula is C15H20N2O2S. The summed E-state index contributed by atoms with van der Waals surface area (Å²) in [6.07, 6.45) is 3.79. The van der Waals surface area contributed by atoms with Crippen molar-refractivity contribution in [3.63, 3.8) is 0 Å². The molecule has 3 rings (SSSR count). The number of nitrogens with one attached hydrogen (secondary N) is 2. The van der Waals surface area contributed by atoms with E-state index in [0.717, 1.165) is 18.8 Å². The Labute approximate surface area is 123 Å². The predicted octanol–water partition coefficient (Wildman–Crippen LogP) is 2.51. The van der Waals surface area contributed by atoms with E-state index in [1.54, 1.807) is 0 Å². The van der Waals surface area contributed by atoms with Gasteiger partial charge in [-0.25, -0.2) is 0 Å². The van der Waals surface area contributed by atoms with Gasteiger partial charge in [0.1, 0.15) is 6.61 Å². The van der Waals surface area contributed by atoms with E-state index in [1.165, 1.54) is 25.0 Å². The lowest BCUT2D eigenvalue weighted by atomic mass is 10.1. The van der Waals surface area contributed by atoms with Crippen molar-refractivity contribution < 1.29 is 9.53 Å². The summed E-state index contributed by atoms with van der Waals surface area (Å²) in [5.41, 5.74) is 1.55. The summed E-state index contributed by atoms with van der Waals surface area (Å²) in [6.45, 7) is 2.15. The normalized spacial score (nSPS) is 21.3. The average molecular weight is 292 g/mol. The van der Waals surface area contributed by atoms with E-state index in [9.17, 15) is 4.79 Å². The number of ether oxygens (including phenoxy) is 1. The lowest BCUT2D eigenvalue weighted by Gasteiger charge is -2.23. The van der Waals surface area contributed by atoms with Crippen molar-refractivity contribution >= 4 is 23.4 Å². The lowest BCUT2D eigenvalue weighted by molar-refractivity contribution is 0.0949. The highest BCUT2D eigenvalue weighted by atomic mass is 32.2. The van der Waals surface area contributed by atoms with Crippen LogP contribution < -0.4 is 15.4 Å². The van der Waals surface area contributed by atoms with Gasteiger partial charge in [0.25, 0.3) is 5.91 Å². The first kappa shape index (κ1) is 13.6. The average Bonchev–Trinajstić information content (AvgIpc) is 2.53. The molecule has 1 atom stereocenters. The first-order valence-corrected chi connectivity index (χ1v) is 8.29. The van der Waals surface area contributed by atoms with Crippen molar-refractivity contribution in [3.8, 4) is 5.75 Å². The van der Waals surface area contributed by atoms with Gasteiger partial charge in [-0.05, 0) is 30.7 Å². The second kappa shape index (κ2) is 6.39.